The Morgan fingerprint density at radius 3 is 2.81 bits per heavy atom. The van der Waals surface area contributed by atoms with Crippen LogP contribution in [0.1, 0.15) is 17.8 Å². The molecule has 0 bridgehead atoms. The van der Waals surface area contributed by atoms with Gasteiger partial charge < -0.3 is 15.0 Å². The molecule has 1 fully saturated rings. The number of hydrogen-bond donors (Lipinski definition) is 1. The third kappa shape index (κ3) is 3.69. The molecule has 1 aliphatic rings. The minimum Gasteiger partial charge on any atom is -0.497 e. The number of amides is 1. The SMILES string of the molecule is COc1ccc(CC(=O)NC2CCN(c3ccc4nnc(C)n4n3)C2)cc1. The average Bonchev–Trinajstić information content (AvgIpc) is 3.29. The molecular weight excluding hydrogens is 344 g/mol. The Bertz CT molecular complexity index is 952. The van der Waals surface area contributed by atoms with Gasteiger partial charge in [-0.05, 0) is 43.2 Å². The fourth-order valence-electron chi connectivity index (χ4n) is 3.35. The van der Waals surface area contributed by atoms with Crippen molar-refractivity contribution in [3.05, 3.63) is 47.8 Å². The van der Waals surface area contributed by atoms with Crippen molar-refractivity contribution in [2.24, 2.45) is 0 Å². The number of fused-ring (bicyclic) bond motifs is 1. The first-order valence-electron chi connectivity index (χ1n) is 8.98. The van der Waals surface area contributed by atoms with Gasteiger partial charge in [-0.15, -0.1) is 15.3 Å². The Kier molecular flexibility index (Phi) is 4.62. The second kappa shape index (κ2) is 7.22. The molecule has 8 heteroatoms. The molecule has 8 nitrogen and oxygen atoms in total. The van der Waals surface area contributed by atoms with Crippen molar-refractivity contribution in [3.8, 4) is 5.75 Å². The number of hydrogen-bond acceptors (Lipinski definition) is 6. The summed E-state index contributed by atoms with van der Waals surface area (Å²) in [5.74, 6) is 2.45. The van der Waals surface area contributed by atoms with Crippen LogP contribution in [0.5, 0.6) is 5.75 Å². The third-order valence-corrected chi connectivity index (χ3v) is 4.81. The number of nitrogens with one attached hydrogen (secondary N) is 1. The summed E-state index contributed by atoms with van der Waals surface area (Å²) >= 11 is 0. The molecule has 1 atom stereocenters. The number of carbonyl (C=O) groups excluding carboxylic acids is 1. The lowest BCUT2D eigenvalue weighted by Gasteiger charge is -2.18. The van der Waals surface area contributed by atoms with Gasteiger partial charge in [0, 0.05) is 19.1 Å². The standard InChI is InChI=1S/C19H22N6O2/c1-13-21-22-17-7-8-18(23-25(13)17)24-10-9-15(12-24)20-19(26)11-14-3-5-16(27-2)6-4-14/h3-8,15H,9-12H2,1-2H3,(H,20,26). The van der Waals surface area contributed by atoms with E-state index >= 15 is 0 Å². The van der Waals surface area contributed by atoms with E-state index in [1.807, 2.05) is 43.3 Å². The van der Waals surface area contributed by atoms with Gasteiger partial charge in [0.2, 0.25) is 5.91 Å². The van der Waals surface area contributed by atoms with Gasteiger partial charge in [0.1, 0.15) is 11.6 Å². The fourth-order valence-corrected chi connectivity index (χ4v) is 3.35. The van der Waals surface area contributed by atoms with Gasteiger partial charge in [0.25, 0.3) is 0 Å². The maximum absolute atomic E-state index is 12.4. The first-order chi connectivity index (χ1) is 13.1. The van der Waals surface area contributed by atoms with Crippen LogP contribution >= 0.6 is 0 Å². The molecule has 0 aliphatic carbocycles. The van der Waals surface area contributed by atoms with Crippen LogP contribution in [0.4, 0.5) is 5.82 Å². The highest BCUT2D eigenvalue weighted by molar-refractivity contribution is 5.79. The van der Waals surface area contributed by atoms with Crippen molar-refractivity contribution >= 4 is 17.4 Å². The normalized spacial score (nSPS) is 16.7. The minimum absolute atomic E-state index is 0.0325. The Labute approximate surface area is 157 Å². The molecule has 27 heavy (non-hydrogen) atoms. The van der Waals surface area contributed by atoms with E-state index < -0.39 is 0 Å². The van der Waals surface area contributed by atoms with E-state index in [0.717, 1.165) is 48.1 Å². The third-order valence-electron chi connectivity index (χ3n) is 4.81. The molecule has 1 aliphatic heterocycles. The maximum atomic E-state index is 12.4. The van der Waals surface area contributed by atoms with Crippen LogP contribution in [0.2, 0.25) is 0 Å². The Morgan fingerprint density at radius 1 is 1.22 bits per heavy atom. The van der Waals surface area contributed by atoms with Gasteiger partial charge in [-0.3, -0.25) is 4.79 Å². The van der Waals surface area contributed by atoms with Crippen LogP contribution in [0, 0.1) is 6.92 Å². The van der Waals surface area contributed by atoms with E-state index in [2.05, 4.69) is 25.5 Å². The zero-order valence-electron chi connectivity index (χ0n) is 15.4. The van der Waals surface area contributed by atoms with E-state index in [4.69, 9.17) is 4.74 Å². The second-order valence-electron chi connectivity index (χ2n) is 6.73. The molecule has 0 radical (unpaired) electrons. The second-order valence-corrected chi connectivity index (χ2v) is 6.73. The lowest BCUT2D eigenvalue weighted by molar-refractivity contribution is -0.121. The zero-order chi connectivity index (χ0) is 18.8. The maximum Gasteiger partial charge on any atom is 0.224 e. The van der Waals surface area contributed by atoms with Gasteiger partial charge in [-0.25, -0.2) is 0 Å². The molecule has 3 aromatic rings. The number of methoxy groups -OCH3 is 1. The predicted octanol–water partition coefficient (Wildman–Crippen LogP) is 1.38. The van der Waals surface area contributed by atoms with Crippen molar-refractivity contribution in [1.82, 2.24) is 25.1 Å². The summed E-state index contributed by atoms with van der Waals surface area (Å²) in [6.45, 7) is 3.48. The summed E-state index contributed by atoms with van der Waals surface area (Å²) in [6.07, 6.45) is 1.26. The first kappa shape index (κ1) is 17.3. The Morgan fingerprint density at radius 2 is 2.04 bits per heavy atom. The van der Waals surface area contributed by atoms with Crippen molar-refractivity contribution < 1.29 is 9.53 Å². The molecule has 1 saturated heterocycles. The summed E-state index contributed by atoms with van der Waals surface area (Å²) in [4.78, 5) is 14.5. The van der Waals surface area contributed by atoms with Gasteiger partial charge >= 0.3 is 0 Å². The summed E-state index contributed by atoms with van der Waals surface area (Å²) in [5, 5.41) is 15.8. The molecular formula is C19H22N6O2. The number of aromatic nitrogens is 4. The quantitative estimate of drug-likeness (QED) is 0.734. The van der Waals surface area contributed by atoms with Crippen molar-refractivity contribution in [2.75, 3.05) is 25.1 Å². The van der Waals surface area contributed by atoms with Gasteiger partial charge in [0.15, 0.2) is 11.5 Å². The van der Waals surface area contributed by atoms with Gasteiger partial charge in [-0.1, -0.05) is 12.1 Å². The number of carbonyl (C=O) groups is 1. The summed E-state index contributed by atoms with van der Waals surface area (Å²) in [5.41, 5.74) is 1.71. The molecule has 1 amide bonds. The highest BCUT2D eigenvalue weighted by Crippen LogP contribution is 2.19. The topological polar surface area (TPSA) is 84.6 Å². The highest BCUT2D eigenvalue weighted by Gasteiger charge is 2.25. The molecule has 0 saturated carbocycles. The summed E-state index contributed by atoms with van der Waals surface area (Å²) in [7, 11) is 1.63. The number of rotatable bonds is 5. The number of ether oxygens (including phenoxy) is 1. The zero-order valence-corrected chi connectivity index (χ0v) is 15.4. The van der Waals surface area contributed by atoms with E-state index in [1.54, 1.807) is 11.6 Å². The van der Waals surface area contributed by atoms with Gasteiger partial charge in [0.05, 0.1) is 13.5 Å². The van der Waals surface area contributed by atoms with Crippen molar-refractivity contribution in [3.63, 3.8) is 0 Å². The largest absolute Gasteiger partial charge is 0.497 e. The predicted molar refractivity (Wildman–Crippen MR) is 101 cm³/mol. The fraction of sp³-hybridized carbons (Fsp3) is 0.368. The van der Waals surface area contributed by atoms with Crippen LogP contribution < -0.4 is 15.0 Å². The monoisotopic (exact) mass is 366 g/mol. The molecule has 0 spiro atoms. The van der Waals surface area contributed by atoms with Crippen LogP contribution in [0.3, 0.4) is 0 Å². The Hall–Kier alpha value is -3.16. The average molecular weight is 366 g/mol. The van der Waals surface area contributed by atoms with Crippen LogP contribution in [0.25, 0.3) is 5.65 Å². The lowest BCUT2D eigenvalue weighted by Crippen LogP contribution is -2.38. The summed E-state index contributed by atoms with van der Waals surface area (Å²) in [6, 6.07) is 11.6. The number of anilines is 1. The molecule has 4 rings (SSSR count). The molecule has 3 heterocycles. The number of nitrogens with zero attached hydrogens (tertiary/aromatic N) is 5. The van der Waals surface area contributed by atoms with E-state index in [-0.39, 0.29) is 11.9 Å². The molecule has 2 aromatic heterocycles. The molecule has 1 unspecified atom stereocenters. The Balaban J connectivity index is 1.35. The molecule has 1 aromatic carbocycles. The first-order valence-corrected chi connectivity index (χ1v) is 8.98. The van der Waals surface area contributed by atoms with Crippen LogP contribution in [-0.4, -0.2) is 52.0 Å². The van der Waals surface area contributed by atoms with E-state index in [1.165, 1.54) is 0 Å². The van der Waals surface area contributed by atoms with Gasteiger partial charge in [-0.2, -0.15) is 4.52 Å². The van der Waals surface area contributed by atoms with Crippen molar-refractivity contribution in [1.29, 1.82) is 0 Å². The summed E-state index contributed by atoms with van der Waals surface area (Å²) < 4.78 is 6.88. The van der Waals surface area contributed by atoms with E-state index in [0.29, 0.717) is 6.42 Å². The molecule has 1 N–H and O–H groups in total. The highest BCUT2D eigenvalue weighted by atomic mass is 16.5. The van der Waals surface area contributed by atoms with Crippen LogP contribution in [0.15, 0.2) is 36.4 Å². The number of benzene rings is 1. The van der Waals surface area contributed by atoms with Crippen LogP contribution in [-0.2, 0) is 11.2 Å². The minimum atomic E-state index is 0.0325. The smallest absolute Gasteiger partial charge is 0.224 e. The number of aryl methyl sites for hydroxylation is 1. The van der Waals surface area contributed by atoms with Crippen molar-refractivity contribution in [2.45, 2.75) is 25.8 Å². The lowest BCUT2D eigenvalue weighted by atomic mass is 10.1. The molecule has 140 valence electrons. The van der Waals surface area contributed by atoms with E-state index in [9.17, 15) is 4.79 Å².